The number of amides is 1. The van der Waals surface area contributed by atoms with E-state index < -0.39 is 18.8 Å². The molecule has 1 aliphatic heterocycles. The number of rotatable bonds is 6. The van der Waals surface area contributed by atoms with E-state index in [1.165, 1.54) is 19.2 Å². The second-order valence-corrected chi connectivity index (χ2v) is 5.19. The predicted octanol–water partition coefficient (Wildman–Crippen LogP) is 1.66. The quantitative estimate of drug-likeness (QED) is 0.780. The van der Waals surface area contributed by atoms with Gasteiger partial charge in [-0.1, -0.05) is 6.07 Å². The molecular weight excluding hydrogens is 365 g/mol. The zero-order valence-electron chi connectivity index (χ0n) is 13.5. The number of ether oxygens (including phenoxy) is 3. The van der Waals surface area contributed by atoms with Crippen LogP contribution >= 0.6 is 12.4 Å². The van der Waals surface area contributed by atoms with Crippen LogP contribution in [0, 0.1) is 0 Å². The second-order valence-electron chi connectivity index (χ2n) is 5.19. The fourth-order valence-electron chi connectivity index (χ4n) is 2.15. The molecule has 0 radical (unpaired) electrons. The van der Waals surface area contributed by atoms with Gasteiger partial charge in [0.05, 0.1) is 20.3 Å². The Kier molecular flexibility index (Phi) is 8.27. The summed E-state index contributed by atoms with van der Waals surface area (Å²) < 4.78 is 51.6. The van der Waals surface area contributed by atoms with Crippen LogP contribution in [0.2, 0.25) is 0 Å². The van der Waals surface area contributed by atoms with Crippen LogP contribution in [0.15, 0.2) is 18.2 Å². The van der Waals surface area contributed by atoms with Gasteiger partial charge in [0.25, 0.3) is 0 Å². The molecule has 6 nitrogen and oxygen atoms in total. The molecule has 2 N–H and O–H groups in total. The highest BCUT2D eigenvalue weighted by Crippen LogP contribution is 2.29. The van der Waals surface area contributed by atoms with Crippen LogP contribution in [0.4, 0.5) is 13.2 Å². The van der Waals surface area contributed by atoms with Crippen LogP contribution in [0.5, 0.6) is 11.5 Å². The summed E-state index contributed by atoms with van der Waals surface area (Å²) in [7, 11) is 1.33. The Morgan fingerprint density at radius 2 is 2.16 bits per heavy atom. The van der Waals surface area contributed by atoms with E-state index in [1.54, 1.807) is 6.07 Å². The summed E-state index contributed by atoms with van der Waals surface area (Å²) in [6.07, 6.45) is -4.42. The fraction of sp³-hybridized carbons (Fsp3) is 0.533. The van der Waals surface area contributed by atoms with Gasteiger partial charge in [-0.15, -0.1) is 12.4 Å². The first-order valence-corrected chi connectivity index (χ1v) is 7.34. The number of methoxy groups -OCH3 is 1. The highest BCUT2D eigenvalue weighted by Gasteiger charge is 2.29. The normalized spacial score (nSPS) is 17.4. The van der Waals surface area contributed by atoms with Gasteiger partial charge in [0.15, 0.2) is 18.1 Å². The lowest BCUT2D eigenvalue weighted by Gasteiger charge is -2.23. The molecule has 0 bridgehead atoms. The highest BCUT2D eigenvalue weighted by atomic mass is 35.5. The summed E-state index contributed by atoms with van der Waals surface area (Å²) in [5, 5.41) is 5.77. The number of alkyl halides is 3. The highest BCUT2D eigenvalue weighted by molar-refractivity contribution is 5.85. The zero-order valence-corrected chi connectivity index (χ0v) is 14.3. The van der Waals surface area contributed by atoms with E-state index in [0.717, 1.165) is 0 Å². The number of hydrogen-bond acceptors (Lipinski definition) is 5. The van der Waals surface area contributed by atoms with E-state index in [9.17, 15) is 18.0 Å². The lowest BCUT2D eigenvalue weighted by molar-refractivity contribution is -0.153. The summed E-state index contributed by atoms with van der Waals surface area (Å²) in [4.78, 5) is 12.0. The topological polar surface area (TPSA) is 68.8 Å². The average Bonchev–Trinajstić information content (AvgIpc) is 2.58. The molecule has 142 valence electrons. The summed E-state index contributed by atoms with van der Waals surface area (Å²) >= 11 is 0. The molecule has 0 aromatic heterocycles. The van der Waals surface area contributed by atoms with Crippen molar-refractivity contribution in [2.24, 2.45) is 0 Å². The van der Waals surface area contributed by atoms with Crippen molar-refractivity contribution < 1.29 is 32.2 Å². The number of carbonyl (C=O) groups is 1. The molecule has 0 aliphatic carbocycles. The predicted molar refractivity (Wildman–Crippen MR) is 86.2 cm³/mol. The molecule has 0 spiro atoms. The van der Waals surface area contributed by atoms with Crippen LogP contribution < -0.4 is 20.1 Å². The van der Waals surface area contributed by atoms with Crippen molar-refractivity contribution >= 4 is 18.3 Å². The van der Waals surface area contributed by atoms with Gasteiger partial charge in [-0.3, -0.25) is 4.79 Å². The Bertz CT molecular complexity index is 566. The molecule has 10 heteroatoms. The first-order valence-electron chi connectivity index (χ1n) is 7.34. The number of carbonyl (C=O) groups excluding carboxylic acids is 1. The smallest absolute Gasteiger partial charge is 0.422 e. The minimum atomic E-state index is -4.42. The molecule has 1 atom stereocenters. The van der Waals surface area contributed by atoms with Gasteiger partial charge in [0, 0.05) is 13.1 Å². The van der Waals surface area contributed by atoms with Crippen LogP contribution in [-0.2, 0) is 16.1 Å². The van der Waals surface area contributed by atoms with Gasteiger partial charge in [-0.25, -0.2) is 0 Å². The Labute approximate surface area is 149 Å². The number of morpholine rings is 1. The summed E-state index contributed by atoms with van der Waals surface area (Å²) in [6.45, 7) is 0.302. The summed E-state index contributed by atoms with van der Waals surface area (Å²) in [6, 6.07) is 4.07. The molecule has 1 amide bonds. The standard InChI is InChI=1S/C15H19F3N2O4.ClH/c1-22-13-6-10(2-3-12(13)24-9-15(16,17)18)7-20-14(21)11-8-23-5-4-19-11;/h2-3,6,11,19H,4-5,7-9H2,1H3,(H,20,21);1H. The molecule has 1 aliphatic rings. The Balaban J connectivity index is 0.00000312. The van der Waals surface area contributed by atoms with Crippen LogP contribution in [-0.4, -0.2) is 51.6 Å². The lowest BCUT2D eigenvalue weighted by Crippen LogP contribution is -2.51. The van der Waals surface area contributed by atoms with Gasteiger partial charge in [0.1, 0.15) is 6.04 Å². The molecule has 1 aromatic rings. The monoisotopic (exact) mass is 384 g/mol. The molecular formula is C15H20ClF3N2O4. The average molecular weight is 385 g/mol. The minimum Gasteiger partial charge on any atom is -0.493 e. The molecule has 2 rings (SSSR count). The van der Waals surface area contributed by atoms with Crippen molar-refractivity contribution in [3.05, 3.63) is 23.8 Å². The van der Waals surface area contributed by atoms with E-state index in [4.69, 9.17) is 14.2 Å². The maximum atomic E-state index is 12.2. The number of nitrogens with one attached hydrogen (secondary N) is 2. The van der Waals surface area contributed by atoms with Crippen LogP contribution in [0.25, 0.3) is 0 Å². The Morgan fingerprint density at radius 1 is 1.40 bits per heavy atom. The first kappa shape index (κ1) is 21.3. The van der Waals surface area contributed by atoms with Crippen LogP contribution in [0.3, 0.4) is 0 Å². The van der Waals surface area contributed by atoms with Crippen molar-refractivity contribution in [3.63, 3.8) is 0 Å². The zero-order chi connectivity index (χ0) is 17.6. The lowest BCUT2D eigenvalue weighted by atomic mass is 10.2. The maximum Gasteiger partial charge on any atom is 0.422 e. The van der Waals surface area contributed by atoms with Gasteiger partial charge in [0.2, 0.25) is 5.91 Å². The van der Waals surface area contributed by atoms with Crippen LogP contribution in [0.1, 0.15) is 5.56 Å². The number of halogens is 4. The SMILES string of the molecule is COc1cc(CNC(=O)C2COCCN2)ccc1OCC(F)(F)F.Cl. The van der Waals surface area contributed by atoms with Gasteiger partial charge >= 0.3 is 6.18 Å². The third-order valence-corrected chi connectivity index (χ3v) is 3.32. The molecule has 1 aromatic carbocycles. The van der Waals surface area contributed by atoms with E-state index in [1.807, 2.05) is 0 Å². The third kappa shape index (κ3) is 6.97. The molecule has 25 heavy (non-hydrogen) atoms. The Hall–Kier alpha value is -1.71. The third-order valence-electron chi connectivity index (χ3n) is 3.32. The van der Waals surface area contributed by atoms with Crippen molar-refractivity contribution in [2.75, 3.05) is 33.5 Å². The minimum absolute atomic E-state index is 0. The molecule has 1 saturated heterocycles. The van der Waals surface area contributed by atoms with E-state index in [2.05, 4.69) is 10.6 Å². The van der Waals surface area contributed by atoms with Crippen molar-refractivity contribution in [2.45, 2.75) is 18.8 Å². The maximum absolute atomic E-state index is 12.2. The van der Waals surface area contributed by atoms with Crippen molar-refractivity contribution in [1.82, 2.24) is 10.6 Å². The number of benzene rings is 1. The van der Waals surface area contributed by atoms with Gasteiger partial charge in [-0.05, 0) is 17.7 Å². The Morgan fingerprint density at radius 3 is 2.76 bits per heavy atom. The molecule has 1 fully saturated rings. The van der Waals surface area contributed by atoms with Gasteiger partial charge < -0.3 is 24.8 Å². The van der Waals surface area contributed by atoms with Crippen molar-refractivity contribution in [1.29, 1.82) is 0 Å². The first-order chi connectivity index (χ1) is 11.4. The van der Waals surface area contributed by atoms with E-state index >= 15 is 0 Å². The molecule has 1 heterocycles. The second kappa shape index (κ2) is 9.69. The van der Waals surface area contributed by atoms with Gasteiger partial charge in [-0.2, -0.15) is 13.2 Å². The fourth-order valence-corrected chi connectivity index (χ4v) is 2.15. The largest absolute Gasteiger partial charge is 0.493 e. The van der Waals surface area contributed by atoms with E-state index in [-0.39, 0.29) is 36.4 Å². The summed E-state index contributed by atoms with van der Waals surface area (Å²) in [5.41, 5.74) is 0.677. The molecule has 1 unspecified atom stereocenters. The summed E-state index contributed by atoms with van der Waals surface area (Å²) in [5.74, 6) is -0.0385. The number of hydrogen-bond donors (Lipinski definition) is 2. The van der Waals surface area contributed by atoms with Crippen molar-refractivity contribution in [3.8, 4) is 11.5 Å². The van der Waals surface area contributed by atoms with E-state index in [0.29, 0.717) is 25.3 Å². The molecule has 0 saturated carbocycles.